The summed E-state index contributed by atoms with van der Waals surface area (Å²) < 4.78 is 43.3. The van der Waals surface area contributed by atoms with Crippen LogP contribution in [0.5, 0.6) is 0 Å². The van der Waals surface area contributed by atoms with Gasteiger partial charge in [0.15, 0.2) is 0 Å². The summed E-state index contributed by atoms with van der Waals surface area (Å²) in [6.45, 7) is 0.982. The van der Waals surface area contributed by atoms with Gasteiger partial charge in [-0.15, -0.1) is 0 Å². The lowest BCUT2D eigenvalue weighted by molar-refractivity contribution is -0.146. The van der Waals surface area contributed by atoms with E-state index in [4.69, 9.17) is 5.48 Å². The maximum Gasteiger partial charge on any atom is 0.243 e. The Labute approximate surface area is 121 Å². The van der Waals surface area contributed by atoms with E-state index in [1.165, 1.54) is 25.1 Å². The number of likely N-dealkylation sites (tertiary alicyclic amines) is 1. The average Bonchev–Trinajstić information content (AvgIpc) is 2.63. The van der Waals surface area contributed by atoms with Crippen LogP contribution in [0.15, 0.2) is 24.3 Å². The van der Waals surface area contributed by atoms with Gasteiger partial charge in [-0.2, -0.15) is 0 Å². The van der Waals surface area contributed by atoms with Crippen LogP contribution >= 0.6 is 0 Å². The number of hydrogen-bond acceptors (Lipinski definition) is 3. The van der Waals surface area contributed by atoms with Gasteiger partial charge in [0.25, 0.3) is 0 Å². The minimum Gasteiger partial charge on any atom is -0.350 e. The summed E-state index contributed by atoms with van der Waals surface area (Å²) in [5.41, 5.74) is 0.197. The van der Waals surface area contributed by atoms with E-state index in [-0.39, 0.29) is 17.0 Å². The molecule has 0 spiro atoms. The third kappa shape index (κ3) is 2.84. The summed E-state index contributed by atoms with van der Waals surface area (Å²) in [4.78, 5) is 36.3. The van der Waals surface area contributed by atoms with E-state index in [1.807, 2.05) is 0 Å². The zero-order chi connectivity index (χ0) is 18.3. The molecule has 1 saturated heterocycles. The Morgan fingerprint density at radius 1 is 1.40 bits per heavy atom. The van der Waals surface area contributed by atoms with Gasteiger partial charge in [0.05, 0.1) is 0 Å². The average molecular weight is 282 g/mol. The Morgan fingerprint density at radius 2 is 2.00 bits per heavy atom. The number of hydrogen-bond donors (Lipinski definition) is 1. The van der Waals surface area contributed by atoms with Gasteiger partial charge in [-0.3, -0.25) is 19.3 Å². The predicted molar refractivity (Wildman–Crippen MR) is 68.8 cm³/mol. The third-order valence-electron chi connectivity index (χ3n) is 2.89. The zero-order valence-corrected chi connectivity index (χ0v) is 10.6. The van der Waals surface area contributed by atoms with Crippen molar-refractivity contribution in [1.82, 2.24) is 10.2 Å². The molecule has 1 aliphatic rings. The molecule has 1 unspecified atom stereocenters. The summed E-state index contributed by atoms with van der Waals surface area (Å²) in [5.74, 6) is -4.18. The van der Waals surface area contributed by atoms with Gasteiger partial charge in [0, 0.05) is 30.3 Å². The second-order valence-corrected chi connectivity index (χ2v) is 4.22. The second-order valence-electron chi connectivity index (χ2n) is 4.22. The molecule has 6 heteroatoms. The van der Waals surface area contributed by atoms with Gasteiger partial charge < -0.3 is 5.32 Å². The largest absolute Gasteiger partial charge is 0.350 e. The molecule has 1 heterocycles. The molecule has 1 aromatic carbocycles. The van der Waals surface area contributed by atoms with E-state index in [9.17, 15) is 18.8 Å². The first kappa shape index (κ1) is 9.63. The highest BCUT2D eigenvalue weighted by molar-refractivity contribution is 6.05. The Balaban J connectivity index is 2.13. The van der Waals surface area contributed by atoms with Crippen molar-refractivity contribution in [3.63, 3.8) is 0 Å². The van der Waals surface area contributed by atoms with Crippen LogP contribution in [0.1, 0.15) is 30.7 Å². The first-order valence-corrected chi connectivity index (χ1v) is 5.91. The molecule has 1 atom stereocenters. The highest BCUT2D eigenvalue weighted by atomic mass is 19.1. The monoisotopic (exact) mass is 282 g/mol. The molecule has 1 N–H and O–H groups in total. The maximum absolute atomic E-state index is 13.5. The van der Waals surface area contributed by atoms with Crippen LogP contribution in [0.2, 0.25) is 0 Å². The van der Waals surface area contributed by atoms with Gasteiger partial charge in [-0.1, -0.05) is 18.2 Å². The quantitative estimate of drug-likeness (QED) is 0.837. The SMILES string of the molecule is [2H]C1([2H])C(=O)N(C(C)C(=O)NCc2ccccc2F)C(=O)C1([2H])[2H]. The van der Waals surface area contributed by atoms with E-state index in [1.54, 1.807) is 6.07 Å². The molecule has 106 valence electrons. The minimum atomic E-state index is -3.05. The molecule has 0 saturated carbocycles. The van der Waals surface area contributed by atoms with Crippen molar-refractivity contribution in [2.24, 2.45) is 0 Å². The fourth-order valence-corrected chi connectivity index (χ4v) is 1.76. The number of rotatable bonds is 4. The lowest BCUT2D eigenvalue weighted by Gasteiger charge is -2.21. The first-order chi connectivity index (χ1) is 11.0. The lowest BCUT2D eigenvalue weighted by atomic mass is 10.2. The molecule has 1 aromatic rings. The van der Waals surface area contributed by atoms with Crippen LogP contribution in [0.4, 0.5) is 4.39 Å². The summed E-state index contributed by atoms with van der Waals surface area (Å²) >= 11 is 0. The Bertz CT molecular complexity index is 685. The predicted octanol–water partition coefficient (Wildman–Crippen LogP) is 0.979. The highest BCUT2D eigenvalue weighted by Gasteiger charge is 2.35. The van der Waals surface area contributed by atoms with Gasteiger partial charge in [-0.25, -0.2) is 4.39 Å². The molecule has 2 rings (SSSR count). The van der Waals surface area contributed by atoms with Crippen molar-refractivity contribution < 1.29 is 24.3 Å². The van der Waals surface area contributed by atoms with Crippen molar-refractivity contribution in [1.29, 1.82) is 0 Å². The molecule has 1 aliphatic heterocycles. The number of amides is 3. The van der Waals surface area contributed by atoms with E-state index in [0.29, 0.717) is 0 Å². The molecule has 0 radical (unpaired) electrons. The third-order valence-corrected chi connectivity index (χ3v) is 2.89. The molecule has 0 bridgehead atoms. The summed E-state index contributed by atoms with van der Waals surface area (Å²) in [6.07, 6.45) is -6.10. The fourth-order valence-electron chi connectivity index (χ4n) is 1.76. The Hall–Kier alpha value is -2.24. The Kier molecular flexibility index (Phi) is 2.80. The van der Waals surface area contributed by atoms with Crippen LogP contribution in [-0.4, -0.2) is 28.7 Å². The first-order valence-electron chi connectivity index (χ1n) is 7.91. The number of nitrogens with zero attached hydrogens (tertiary/aromatic N) is 1. The van der Waals surface area contributed by atoms with Crippen molar-refractivity contribution in [2.75, 3.05) is 0 Å². The van der Waals surface area contributed by atoms with E-state index < -0.39 is 42.3 Å². The molecule has 1 fully saturated rings. The number of imide groups is 1. The van der Waals surface area contributed by atoms with Crippen LogP contribution < -0.4 is 5.32 Å². The standard InChI is InChI=1S/C14H15FN2O3/c1-9(17-12(18)6-7-13(17)19)14(20)16-8-10-4-2-3-5-11(10)15/h2-5,9H,6-8H2,1H3,(H,16,20)/i6D2,7D2. The summed E-state index contributed by atoms with van der Waals surface area (Å²) in [7, 11) is 0. The topological polar surface area (TPSA) is 66.5 Å². The zero-order valence-electron chi connectivity index (χ0n) is 14.6. The summed E-state index contributed by atoms with van der Waals surface area (Å²) in [5, 5.41) is 2.34. The maximum atomic E-state index is 13.5. The highest BCUT2D eigenvalue weighted by Crippen LogP contribution is 2.15. The fraction of sp³-hybridized carbons (Fsp3) is 0.357. The number of nitrogens with one attached hydrogen (secondary N) is 1. The Morgan fingerprint density at radius 3 is 2.60 bits per heavy atom. The van der Waals surface area contributed by atoms with Gasteiger partial charge in [0.1, 0.15) is 11.9 Å². The summed E-state index contributed by atoms with van der Waals surface area (Å²) in [6, 6.07) is 4.29. The van der Waals surface area contributed by atoms with Crippen molar-refractivity contribution in [2.45, 2.75) is 32.3 Å². The van der Waals surface area contributed by atoms with Gasteiger partial charge in [0.2, 0.25) is 17.7 Å². The molecule has 0 aromatic heterocycles. The second kappa shape index (κ2) is 5.81. The van der Waals surface area contributed by atoms with Crippen molar-refractivity contribution in [3.05, 3.63) is 35.6 Å². The van der Waals surface area contributed by atoms with Gasteiger partial charge >= 0.3 is 0 Å². The van der Waals surface area contributed by atoms with Crippen LogP contribution in [0.25, 0.3) is 0 Å². The van der Waals surface area contributed by atoms with Crippen molar-refractivity contribution in [3.8, 4) is 0 Å². The minimum absolute atomic E-state index is 0.189. The van der Waals surface area contributed by atoms with Crippen LogP contribution in [-0.2, 0) is 20.9 Å². The number of carbonyl (C=O) groups is 3. The van der Waals surface area contributed by atoms with E-state index >= 15 is 0 Å². The molecular formula is C14H15FN2O3. The van der Waals surface area contributed by atoms with Gasteiger partial charge in [-0.05, 0) is 13.0 Å². The molecule has 5 nitrogen and oxygen atoms in total. The number of carbonyl (C=O) groups excluding carboxylic acids is 3. The van der Waals surface area contributed by atoms with Crippen LogP contribution in [0, 0.1) is 5.82 Å². The molecule has 20 heavy (non-hydrogen) atoms. The smallest absolute Gasteiger partial charge is 0.243 e. The molecule has 3 amide bonds. The number of halogens is 1. The number of benzene rings is 1. The molecule has 0 aliphatic carbocycles. The van der Waals surface area contributed by atoms with E-state index in [0.717, 1.165) is 0 Å². The normalized spacial score (nSPS) is 24.4. The van der Waals surface area contributed by atoms with Crippen LogP contribution in [0.3, 0.4) is 0 Å². The lowest BCUT2D eigenvalue weighted by Crippen LogP contribution is -2.47. The molecular weight excluding hydrogens is 263 g/mol. The van der Waals surface area contributed by atoms with Crippen molar-refractivity contribution >= 4 is 17.7 Å². The van der Waals surface area contributed by atoms with E-state index in [2.05, 4.69) is 5.32 Å².